The third-order valence-corrected chi connectivity index (χ3v) is 1.92. The Labute approximate surface area is 64.6 Å². The van der Waals surface area contributed by atoms with Crippen LogP contribution in [0.3, 0.4) is 0 Å². The highest BCUT2D eigenvalue weighted by molar-refractivity contribution is 4.97. The van der Waals surface area contributed by atoms with Gasteiger partial charge in [0.15, 0.2) is 0 Å². The second-order valence-electron chi connectivity index (χ2n) is 3.12. The molecule has 0 bridgehead atoms. The maximum Gasteiger partial charge on any atom is -0.0319 e. The maximum absolute atomic E-state index is 3.62. The van der Waals surface area contributed by atoms with Crippen LogP contribution in [0.15, 0.2) is 24.8 Å². The summed E-state index contributed by atoms with van der Waals surface area (Å²) in [5, 5.41) is 0. The summed E-state index contributed by atoms with van der Waals surface area (Å²) in [5.41, 5.74) is 0. The summed E-state index contributed by atoms with van der Waals surface area (Å²) in [7, 11) is 0. The molecule has 1 atom stereocenters. The molecule has 0 amide bonds. The van der Waals surface area contributed by atoms with Gasteiger partial charge >= 0.3 is 0 Å². The Morgan fingerprint density at radius 3 is 2.30 bits per heavy atom. The predicted octanol–water partition coefficient (Wildman–Crippen LogP) is 3.41. The van der Waals surface area contributed by atoms with Crippen molar-refractivity contribution >= 4 is 0 Å². The lowest BCUT2D eigenvalue weighted by Gasteiger charge is -2.11. The van der Waals surface area contributed by atoms with E-state index in [4.69, 9.17) is 0 Å². The van der Waals surface area contributed by atoms with E-state index in [1.165, 1.54) is 6.42 Å². The molecule has 0 aromatic carbocycles. The lowest BCUT2D eigenvalue weighted by atomic mass is 9.95. The van der Waals surface area contributed by atoms with Crippen molar-refractivity contribution in [2.24, 2.45) is 11.8 Å². The molecule has 0 saturated carbocycles. The molecule has 10 heavy (non-hydrogen) atoms. The largest absolute Gasteiger partial charge is 0.0991 e. The van der Waals surface area contributed by atoms with Gasteiger partial charge in [-0.25, -0.2) is 0 Å². The van der Waals surface area contributed by atoms with E-state index in [1.54, 1.807) is 0 Å². The summed E-state index contributed by atoms with van der Waals surface area (Å²) in [6.07, 6.45) is 7.19. The molecule has 0 nitrogen and oxygen atoms in total. The van der Waals surface area contributed by atoms with E-state index < -0.39 is 0 Å². The van der Waals surface area contributed by atoms with Gasteiger partial charge in [0.25, 0.3) is 0 Å². The van der Waals surface area contributed by atoms with Crippen LogP contribution in [0.1, 0.15) is 27.2 Å². The molecule has 0 aliphatic heterocycles. The summed E-state index contributed by atoms with van der Waals surface area (Å²) in [6.45, 7) is 10.4. The first-order valence-corrected chi connectivity index (χ1v) is 3.96. The number of hydrogen-bond donors (Lipinski definition) is 0. The molecule has 0 spiro atoms. The number of allylic oxidation sites excluding steroid dienone is 3. The Bertz CT molecular complexity index is 109. The van der Waals surface area contributed by atoms with Gasteiger partial charge in [-0.1, -0.05) is 45.6 Å². The van der Waals surface area contributed by atoms with Gasteiger partial charge in [0.1, 0.15) is 0 Å². The van der Waals surface area contributed by atoms with E-state index in [-0.39, 0.29) is 0 Å². The molecule has 0 rings (SSSR count). The molecule has 0 heterocycles. The van der Waals surface area contributed by atoms with Crippen molar-refractivity contribution < 1.29 is 0 Å². The average Bonchev–Trinajstić information content (AvgIpc) is 1.88. The highest BCUT2D eigenvalue weighted by Gasteiger charge is 2.02. The van der Waals surface area contributed by atoms with Gasteiger partial charge in [-0.15, -0.1) is 0 Å². The molecule has 0 aliphatic rings. The first kappa shape index (κ1) is 9.48. The zero-order valence-electron chi connectivity index (χ0n) is 7.30. The number of hydrogen-bond acceptors (Lipinski definition) is 0. The monoisotopic (exact) mass is 138 g/mol. The third-order valence-electron chi connectivity index (χ3n) is 1.92. The zero-order chi connectivity index (χ0) is 7.98. The van der Waals surface area contributed by atoms with Gasteiger partial charge in [-0.3, -0.25) is 0 Å². The average molecular weight is 138 g/mol. The van der Waals surface area contributed by atoms with E-state index in [0.29, 0.717) is 0 Å². The van der Waals surface area contributed by atoms with Gasteiger partial charge in [-0.2, -0.15) is 0 Å². The molecule has 0 saturated heterocycles. The molecule has 0 radical (unpaired) electrons. The van der Waals surface area contributed by atoms with Crippen molar-refractivity contribution in [3.8, 4) is 0 Å². The van der Waals surface area contributed by atoms with Crippen molar-refractivity contribution in [3.05, 3.63) is 24.8 Å². The summed E-state index contributed by atoms with van der Waals surface area (Å²) in [6, 6.07) is 0. The van der Waals surface area contributed by atoms with Crippen LogP contribution in [0, 0.1) is 11.8 Å². The molecule has 0 heteroatoms. The molecule has 1 unspecified atom stereocenters. The highest BCUT2D eigenvalue weighted by atomic mass is 14.1. The Kier molecular flexibility index (Phi) is 5.00. The van der Waals surface area contributed by atoms with Gasteiger partial charge in [0, 0.05) is 0 Å². The van der Waals surface area contributed by atoms with Crippen LogP contribution in [0.5, 0.6) is 0 Å². The lowest BCUT2D eigenvalue weighted by molar-refractivity contribution is 0.424. The minimum absolute atomic E-state index is 0.787. The van der Waals surface area contributed by atoms with Crippen LogP contribution in [0.4, 0.5) is 0 Å². The SMILES string of the molecule is C=CC=CCC(C)C(C)C. The molecule has 0 N–H and O–H groups in total. The quantitative estimate of drug-likeness (QED) is 0.522. The molecular weight excluding hydrogens is 120 g/mol. The minimum Gasteiger partial charge on any atom is -0.0991 e. The smallest absolute Gasteiger partial charge is 0.0319 e. The van der Waals surface area contributed by atoms with Gasteiger partial charge in [0.05, 0.1) is 0 Å². The maximum atomic E-state index is 3.62. The molecule has 0 aliphatic carbocycles. The molecule has 0 fully saturated rings. The molecule has 0 aromatic rings. The van der Waals surface area contributed by atoms with Crippen molar-refractivity contribution in [1.82, 2.24) is 0 Å². The van der Waals surface area contributed by atoms with Crippen LogP contribution in [-0.4, -0.2) is 0 Å². The van der Waals surface area contributed by atoms with E-state index in [9.17, 15) is 0 Å². The van der Waals surface area contributed by atoms with Crippen molar-refractivity contribution in [1.29, 1.82) is 0 Å². The van der Waals surface area contributed by atoms with Crippen molar-refractivity contribution in [2.75, 3.05) is 0 Å². The highest BCUT2D eigenvalue weighted by Crippen LogP contribution is 2.13. The fourth-order valence-electron chi connectivity index (χ4n) is 0.662. The van der Waals surface area contributed by atoms with Gasteiger partial charge < -0.3 is 0 Å². The second kappa shape index (κ2) is 5.28. The van der Waals surface area contributed by atoms with E-state index >= 15 is 0 Å². The molecule has 58 valence electrons. The first-order chi connectivity index (χ1) is 4.68. The van der Waals surface area contributed by atoms with Crippen LogP contribution in [-0.2, 0) is 0 Å². The molecular formula is C10H18. The van der Waals surface area contributed by atoms with Crippen LogP contribution < -0.4 is 0 Å². The Hall–Kier alpha value is -0.520. The molecule has 0 aromatic heterocycles. The van der Waals surface area contributed by atoms with Gasteiger partial charge in [-0.05, 0) is 18.3 Å². The predicted molar refractivity (Wildman–Crippen MR) is 48.0 cm³/mol. The van der Waals surface area contributed by atoms with Crippen LogP contribution in [0.25, 0.3) is 0 Å². The number of rotatable bonds is 4. The van der Waals surface area contributed by atoms with Crippen molar-refractivity contribution in [3.63, 3.8) is 0 Å². The standard InChI is InChI=1S/C10H18/c1-5-6-7-8-10(4)9(2)3/h5-7,9-10H,1,8H2,2-4H3. The van der Waals surface area contributed by atoms with Gasteiger partial charge in [0.2, 0.25) is 0 Å². The fourth-order valence-corrected chi connectivity index (χ4v) is 0.662. The Balaban J connectivity index is 3.48. The lowest BCUT2D eigenvalue weighted by Crippen LogP contribution is -2.01. The first-order valence-electron chi connectivity index (χ1n) is 3.96. The van der Waals surface area contributed by atoms with Crippen LogP contribution in [0.2, 0.25) is 0 Å². The van der Waals surface area contributed by atoms with Crippen LogP contribution >= 0.6 is 0 Å². The Morgan fingerprint density at radius 2 is 1.90 bits per heavy atom. The van der Waals surface area contributed by atoms with E-state index in [0.717, 1.165) is 11.8 Å². The summed E-state index contributed by atoms with van der Waals surface area (Å²) in [4.78, 5) is 0. The summed E-state index contributed by atoms with van der Waals surface area (Å²) < 4.78 is 0. The summed E-state index contributed by atoms with van der Waals surface area (Å²) in [5.74, 6) is 1.57. The third kappa shape index (κ3) is 4.37. The topological polar surface area (TPSA) is 0 Å². The Morgan fingerprint density at radius 1 is 1.30 bits per heavy atom. The van der Waals surface area contributed by atoms with E-state index in [1.807, 2.05) is 12.2 Å². The van der Waals surface area contributed by atoms with E-state index in [2.05, 4.69) is 33.4 Å². The zero-order valence-corrected chi connectivity index (χ0v) is 7.30. The second-order valence-corrected chi connectivity index (χ2v) is 3.12. The normalized spacial score (nSPS) is 14.4. The minimum atomic E-state index is 0.787. The summed E-state index contributed by atoms with van der Waals surface area (Å²) >= 11 is 0. The fraction of sp³-hybridized carbons (Fsp3) is 0.600. The van der Waals surface area contributed by atoms with Crippen molar-refractivity contribution in [2.45, 2.75) is 27.2 Å².